The van der Waals surface area contributed by atoms with Gasteiger partial charge in [-0.05, 0) is 39.0 Å². The third kappa shape index (κ3) is 3.20. The SMILES string of the molecule is CCC(C)(CC)NC(=O)C1CCC(N)C1. The molecule has 3 N–H and O–H groups in total. The molecule has 1 amide bonds. The average molecular weight is 212 g/mol. The summed E-state index contributed by atoms with van der Waals surface area (Å²) in [7, 11) is 0. The number of carbonyl (C=O) groups excluding carboxylic acids is 1. The molecule has 88 valence electrons. The molecule has 0 aromatic heterocycles. The third-order valence-electron chi connectivity index (χ3n) is 3.83. The normalized spacial score (nSPS) is 26.7. The second-order valence-electron chi connectivity index (χ2n) is 5.03. The quantitative estimate of drug-likeness (QED) is 0.746. The van der Waals surface area contributed by atoms with E-state index in [4.69, 9.17) is 5.73 Å². The van der Waals surface area contributed by atoms with Crippen molar-refractivity contribution in [3.63, 3.8) is 0 Å². The molecule has 0 aliphatic heterocycles. The Bertz CT molecular complexity index is 224. The maximum atomic E-state index is 12.0. The molecule has 2 unspecified atom stereocenters. The fourth-order valence-electron chi connectivity index (χ4n) is 2.08. The maximum Gasteiger partial charge on any atom is 0.223 e. The van der Waals surface area contributed by atoms with E-state index in [0.717, 1.165) is 32.1 Å². The first-order chi connectivity index (χ1) is 7.00. The highest BCUT2D eigenvalue weighted by atomic mass is 16.2. The van der Waals surface area contributed by atoms with Crippen LogP contribution in [0.5, 0.6) is 0 Å². The van der Waals surface area contributed by atoms with Crippen molar-refractivity contribution in [1.82, 2.24) is 5.32 Å². The Labute approximate surface area is 92.8 Å². The Kier molecular flexibility index (Phi) is 4.14. The minimum absolute atomic E-state index is 0.0379. The summed E-state index contributed by atoms with van der Waals surface area (Å²) in [4.78, 5) is 12.0. The molecule has 0 radical (unpaired) electrons. The predicted octanol–water partition coefficient (Wildman–Crippen LogP) is 1.81. The van der Waals surface area contributed by atoms with Crippen molar-refractivity contribution < 1.29 is 4.79 Å². The Morgan fingerprint density at radius 3 is 2.40 bits per heavy atom. The highest BCUT2D eigenvalue weighted by molar-refractivity contribution is 5.79. The van der Waals surface area contributed by atoms with Crippen molar-refractivity contribution in [2.24, 2.45) is 11.7 Å². The molecule has 0 aromatic rings. The summed E-state index contributed by atoms with van der Waals surface area (Å²) in [5.41, 5.74) is 5.77. The van der Waals surface area contributed by atoms with Gasteiger partial charge in [0.25, 0.3) is 0 Å². The molecule has 1 aliphatic carbocycles. The molecule has 15 heavy (non-hydrogen) atoms. The van der Waals surface area contributed by atoms with E-state index in [0.29, 0.717) is 0 Å². The Hall–Kier alpha value is -0.570. The van der Waals surface area contributed by atoms with Crippen LogP contribution in [-0.2, 0) is 4.79 Å². The van der Waals surface area contributed by atoms with Gasteiger partial charge >= 0.3 is 0 Å². The lowest BCUT2D eigenvalue weighted by atomic mass is 9.94. The van der Waals surface area contributed by atoms with Gasteiger partial charge in [0.1, 0.15) is 0 Å². The van der Waals surface area contributed by atoms with Crippen molar-refractivity contribution in [2.75, 3.05) is 0 Å². The molecule has 1 rings (SSSR count). The van der Waals surface area contributed by atoms with Gasteiger partial charge in [0.15, 0.2) is 0 Å². The van der Waals surface area contributed by atoms with Gasteiger partial charge in [-0.1, -0.05) is 13.8 Å². The van der Waals surface area contributed by atoms with Crippen LogP contribution in [0.2, 0.25) is 0 Å². The Morgan fingerprint density at radius 1 is 1.40 bits per heavy atom. The fourth-order valence-corrected chi connectivity index (χ4v) is 2.08. The summed E-state index contributed by atoms with van der Waals surface area (Å²) >= 11 is 0. The molecule has 0 spiro atoms. The number of carbonyl (C=O) groups is 1. The average Bonchev–Trinajstić information content (AvgIpc) is 2.65. The van der Waals surface area contributed by atoms with Gasteiger partial charge < -0.3 is 11.1 Å². The molecule has 1 saturated carbocycles. The number of amides is 1. The van der Waals surface area contributed by atoms with Crippen molar-refractivity contribution in [3.8, 4) is 0 Å². The summed E-state index contributed by atoms with van der Waals surface area (Å²) < 4.78 is 0. The summed E-state index contributed by atoms with van der Waals surface area (Å²) in [6, 6.07) is 0.232. The van der Waals surface area contributed by atoms with E-state index in [2.05, 4.69) is 26.1 Å². The van der Waals surface area contributed by atoms with Crippen LogP contribution in [0.25, 0.3) is 0 Å². The van der Waals surface area contributed by atoms with Crippen molar-refractivity contribution in [1.29, 1.82) is 0 Å². The summed E-state index contributed by atoms with van der Waals surface area (Å²) in [6.45, 7) is 6.34. The lowest BCUT2D eigenvalue weighted by Crippen LogP contribution is -2.47. The van der Waals surface area contributed by atoms with E-state index in [1.165, 1.54) is 0 Å². The van der Waals surface area contributed by atoms with Crippen LogP contribution < -0.4 is 11.1 Å². The van der Waals surface area contributed by atoms with Gasteiger partial charge in [0.05, 0.1) is 0 Å². The van der Waals surface area contributed by atoms with E-state index in [1.807, 2.05) is 0 Å². The second kappa shape index (κ2) is 4.97. The molecule has 3 heteroatoms. The van der Waals surface area contributed by atoms with Gasteiger partial charge in [-0.15, -0.1) is 0 Å². The van der Waals surface area contributed by atoms with E-state index >= 15 is 0 Å². The first-order valence-corrected chi connectivity index (χ1v) is 6.08. The first kappa shape index (κ1) is 12.5. The highest BCUT2D eigenvalue weighted by Crippen LogP contribution is 2.25. The van der Waals surface area contributed by atoms with Crippen LogP contribution in [0.4, 0.5) is 0 Å². The number of hydrogen-bond donors (Lipinski definition) is 2. The minimum Gasteiger partial charge on any atom is -0.351 e. The summed E-state index contributed by atoms with van der Waals surface area (Å²) in [5.74, 6) is 0.353. The van der Waals surface area contributed by atoms with Crippen molar-refractivity contribution in [3.05, 3.63) is 0 Å². The van der Waals surface area contributed by atoms with Gasteiger partial charge in [0, 0.05) is 17.5 Å². The lowest BCUT2D eigenvalue weighted by Gasteiger charge is -2.29. The van der Waals surface area contributed by atoms with Crippen LogP contribution in [0.1, 0.15) is 52.9 Å². The summed E-state index contributed by atoms with van der Waals surface area (Å²) in [6.07, 6.45) is 4.76. The Balaban J connectivity index is 2.48. The van der Waals surface area contributed by atoms with Crippen LogP contribution in [0, 0.1) is 5.92 Å². The van der Waals surface area contributed by atoms with Crippen LogP contribution in [0.3, 0.4) is 0 Å². The van der Waals surface area contributed by atoms with Crippen molar-refractivity contribution >= 4 is 5.91 Å². The van der Waals surface area contributed by atoms with Crippen LogP contribution in [0.15, 0.2) is 0 Å². The molecule has 1 aliphatic rings. The zero-order chi connectivity index (χ0) is 11.5. The molecule has 0 saturated heterocycles. The molecule has 0 heterocycles. The zero-order valence-corrected chi connectivity index (χ0v) is 10.2. The van der Waals surface area contributed by atoms with Crippen LogP contribution in [-0.4, -0.2) is 17.5 Å². The van der Waals surface area contributed by atoms with Crippen molar-refractivity contribution in [2.45, 2.75) is 64.5 Å². The van der Waals surface area contributed by atoms with E-state index in [1.54, 1.807) is 0 Å². The second-order valence-corrected chi connectivity index (χ2v) is 5.03. The van der Waals surface area contributed by atoms with Gasteiger partial charge in [0.2, 0.25) is 5.91 Å². The topological polar surface area (TPSA) is 55.1 Å². The Morgan fingerprint density at radius 2 is 2.00 bits per heavy atom. The molecular weight excluding hydrogens is 188 g/mol. The van der Waals surface area contributed by atoms with E-state index in [9.17, 15) is 4.79 Å². The molecule has 2 atom stereocenters. The molecule has 3 nitrogen and oxygen atoms in total. The van der Waals surface area contributed by atoms with Gasteiger partial charge in [-0.25, -0.2) is 0 Å². The third-order valence-corrected chi connectivity index (χ3v) is 3.83. The largest absolute Gasteiger partial charge is 0.351 e. The minimum atomic E-state index is -0.0379. The number of hydrogen-bond acceptors (Lipinski definition) is 2. The number of nitrogens with one attached hydrogen (secondary N) is 1. The monoisotopic (exact) mass is 212 g/mol. The predicted molar refractivity (Wildman–Crippen MR) is 62.4 cm³/mol. The first-order valence-electron chi connectivity index (χ1n) is 6.08. The standard InChI is InChI=1S/C12H24N2O/c1-4-12(3,5-2)14-11(15)9-6-7-10(13)8-9/h9-10H,4-8,13H2,1-3H3,(H,14,15). The van der Waals surface area contributed by atoms with E-state index in [-0.39, 0.29) is 23.4 Å². The van der Waals surface area contributed by atoms with Crippen LogP contribution >= 0.6 is 0 Å². The number of rotatable bonds is 4. The van der Waals surface area contributed by atoms with E-state index < -0.39 is 0 Å². The van der Waals surface area contributed by atoms with Gasteiger partial charge in [-0.3, -0.25) is 4.79 Å². The maximum absolute atomic E-state index is 12.0. The molecule has 0 aromatic carbocycles. The van der Waals surface area contributed by atoms with Gasteiger partial charge in [-0.2, -0.15) is 0 Å². The molecule has 1 fully saturated rings. The lowest BCUT2D eigenvalue weighted by molar-refractivity contribution is -0.126. The zero-order valence-electron chi connectivity index (χ0n) is 10.2. The molecular formula is C12H24N2O. The fraction of sp³-hybridized carbons (Fsp3) is 0.917. The molecule has 0 bridgehead atoms. The summed E-state index contributed by atoms with van der Waals surface area (Å²) in [5, 5.41) is 3.16. The number of nitrogens with two attached hydrogens (primary N) is 1. The highest BCUT2D eigenvalue weighted by Gasteiger charge is 2.31. The smallest absolute Gasteiger partial charge is 0.223 e.